The monoisotopic (exact) mass is 298 g/mol. The van der Waals surface area contributed by atoms with Gasteiger partial charge in [0.25, 0.3) is 10.0 Å². The maximum atomic E-state index is 13.4. The van der Waals surface area contributed by atoms with Gasteiger partial charge in [-0.1, -0.05) is 12.1 Å². The number of nitrogens with zero attached hydrogens (tertiary/aromatic N) is 1. The molecule has 0 aliphatic heterocycles. The van der Waals surface area contributed by atoms with Gasteiger partial charge >= 0.3 is 0 Å². The zero-order chi connectivity index (χ0) is 14.8. The third kappa shape index (κ3) is 3.17. The SMILES string of the molecule is Cc1ccc(CNS(=O)(=O)c2ncccc2F)cc1F. The molecule has 2 aromatic rings. The summed E-state index contributed by atoms with van der Waals surface area (Å²) in [5, 5.41) is -0.674. The molecule has 0 bridgehead atoms. The van der Waals surface area contributed by atoms with Crippen molar-refractivity contribution in [2.75, 3.05) is 0 Å². The Hall–Kier alpha value is -1.86. The van der Waals surface area contributed by atoms with Crippen LogP contribution in [0.1, 0.15) is 11.1 Å². The molecule has 0 radical (unpaired) electrons. The fourth-order valence-corrected chi connectivity index (χ4v) is 2.58. The number of nitrogens with one attached hydrogen (secondary N) is 1. The molecule has 0 unspecified atom stereocenters. The first-order valence-corrected chi connectivity index (χ1v) is 7.23. The highest BCUT2D eigenvalue weighted by Crippen LogP contribution is 2.12. The lowest BCUT2D eigenvalue weighted by molar-refractivity contribution is 0.544. The average molecular weight is 298 g/mol. The Balaban J connectivity index is 2.17. The molecule has 1 N–H and O–H groups in total. The lowest BCUT2D eigenvalue weighted by atomic mass is 10.1. The second-order valence-corrected chi connectivity index (χ2v) is 5.88. The van der Waals surface area contributed by atoms with Crippen LogP contribution in [0.5, 0.6) is 0 Å². The molecule has 0 saturated carbocycles. The fourth-order valence-electron chi connectivity index (χ4n) is 1.56. The molecule has 7 heteroatoms. The minimum atomic E-state index is -4.07. The number of sulfonamides is 1. The van der Waals surface area contributed by atoms with E-state index in [-0.39, 0.29) is 6.54 Å². The van der Waals surface area contributed by atoms with Crippen molar-refractivity contribution in [2.24, 2.45) is 0 Å². The van der Waals surface area contributed by atoms with Crippen molar-refractivity contribution in [3.8, 4) is 0 Å². The van der Waals surface area contributed by atoms with E-state index in [1.165, 1.54) is 18.3 Å². The molecule has 0 aliphatic carbocycles. The lowest BCUT2D eigenvalue weighted by Crippen LogP contribution is -2.25. The highest BCUT2D eigenvalue weighted by Gasteiger charge is 2.19. The minimum absolute atomic E-state index is 0.143. The van der Waals surface area contributed by atoms with E-state index in [2.05, 4.69) is 9.71 Å². The molecule has 0 spiro atoms. The molecule has 0 saturated heterocycles. The van der Waals surface area contributed by atoms with Gasteiger partial charge in [0.1, 0.15) is 5.82 Å². The first-order valence-electron chi connectivity index (χ1n) is 5.75. The molecule has 1 aromatic heterocycles. The van der Waals surface area contributed by atoms with Crippen LogP contribution in [0.4, 0.5) is 8.78 Å². The van der Waals surface area contributed by atoms with Gasteiger partial charge in [0.2, 0.25) is 5.03 Å². The topological polar surface area (TPSA) is 59.1 Å². The zero-order valence-corrected chi connectivity index (χ0v) is 11.4. The summed E-state index contributed by atoms with van der Waals surface area (Å²) in [6, 6.07) is 6.67. The summed E-state index contributed by atoms with van der Waals surface area (Å²) in [6.45, 7) is 1.46. The van der Waals surface area contributed by atoms with Gasteiger partial charge in [-0.15, -0.1) is 0 Å². The summed E-state index contributed by atoms with van der Waals surface area (Å²) >= 11 is 0. The number of rotatable bonds is 4. The van der Waals surface area contributed by atoms with Crippen LogP contribution in [-0.4, -0.2) is 13.4 Å². The van der Waals surface area contributed by atoms with Crippen LogP contribution < -0.4 is 4.72 Å². The molecular formula is C13H12F2N2O2S. The van der Waals surface area contributed by atoms with Crippen LogP contribution in [0, 0.1) is 18.6 Å². The van der Waals surface area contributed by atoms with E-state index in [0.717, 1.165) is 6.07 Å². The molecule has 1 heterocycles. The highest BCUT2D eigenvalue weighted by molar-refractivity contribution is 7.89. The van der Waals surface area contributed by atoms with Crippen LogP contribution >= 0.6 is 0 Å². The number of pyridine rings is 1. The predicted octanol–water partition coefficient (Wildman–Crippen LogP) is 2.15. The molecule has 0 atom stereocenters. The normalized spacial score (nSPS) is 11.6. The van der Waals surface area contributed by atoms with E-state index in [9.17, 15) is 17.2 Å². The van der Waals surface area contributed by atoms with Crippen molar-refractivity contribution in [1.29, 1.82) is 0 Å². The second kappa shape index (κ2) is 5.64. The summed E-state index contributed by atoms with van der Waals surface area (Å²) in [5.41, 5.74) is 0.903. The number of hydrogen-bond donors (Lipinski definition) is 1. The van der Waals surface area contributed by atoms with E-state index >= 15 is 0 Å². The van der Waals surface area contributed by atoms with E-state index in [1.807, 2.05) is 0 Å². The molecule has 4 nitrogen and oxygen atoms in total. The Bertz CT molecular complexity index is 733. The summed E-state index contributed by atoms with van der Waals surface area (Å²) in [6.07, 6.45) is 1.18. The third-order valence-corrected chi connectivity index (χ3v) is 4.02. The van der Waals surface area contributed by atoms with Crippen LogP contribution in [0.2, 0.25) is 0 Å². The van der Waals surface area contributed by atoms with E-state index < -0.39 is 26.7 Å². The fraction of sp³-hybridized carbons (Fsp3) is 0.154. The Labute approximate surface area is 115 Å². The molecular weight excluding hydrogens is 286 g/mol. The first kappa shape index (κ1) is 14.5. The van der Waals surface area contributed by atoms with Crippen molar-refractivity contribution >= 4 is 10.0 Å². The van der Waals surface area contributed by atoms with Gasteiger partial charge in [-0.05, 0) is 36.2 Å². The molecule has 106 valence electrons. The summed E-state index contributed by atoms with van der Waals surface area (Å²) in [5.74, 6) is -1.36. The largest absolute Gasteiger partial charge is 0.261 e. The number of hydrogen-bond acceptors (Lipinski definition) is 3. The number of benzene rings is 1. The predicted molar refractivity (Wildman–Crippen MR) is 69.4 cm³/mol. The Morgan fingerprint density at radius 2 is 1.95 bits per heavy atom. The van der Waals surface area contributed by atoms with Crippen molar-refractivity contribution in [3.63, 3.8) is 0 Å². The quantitative estimate of drug-likeness (QED) is 0.941. The zero-order valence-electron chi connectivity index (χ0n) is 10.6. The lowest BCUT2D eigenvalue weighted by Gasteiger charge is -2.07. The molecule has 0 aliphatic rings. The number of aromatic nitrogens is 1. The summed E-state index contributed by atoms with van der Waals surface area (Å²) in [7, 11) is -4.07. The Morgan fingerprint density at radius 3 is 2.60 bits per heavy atom. The summed E-state index contributed by atoms with van der Waals surface area (Å²) in [4.78, 5) is 3.49. The molecule has 0 amide bonds. The molecule has 2 rings (SSSR count). The standard InChI is InChI=1S/C13H12F2N2O2S/c1-9-4-5-10(7-12(9)15)8-17-20(18,19)13-11(14)3-2-6-16-13/h2-7,17H,8H2,1H3. The molecule has 0 fully saturated rings. The van der Waals surface area contributed by atoms with Gasteiger partial charge in [-0.25, -0.2) is 26.9 Å². The number of aryl methyl sites for hydroxylation is 1. The van der Waals surface area contributed by atoms with Gasteiger partial charge in [0, 0.05) is 12.7 Å². The van der Waals surface area contributed by atoms with E-state index in [4.69, 9.17) is 0 Å². The van der Waals surface area contributed by atoms with Gasteiger partial charge < -0.3 is 0 Å². The smallest absolute Gasteiger partial charge is 0.241 e. The summed E-state index contributed by atoms with van der Waals surface area (Å²) < 4.78 is 52.6. The van der Waals surface area contributed by atoms with Gasteiger partial charge in [-0.2, -0.15) is 0 Å². The van der Waals surface area contributed by atoms with Gasteiger partial charge in [0.05, 0.1) is 0 Å². The van der Waals surface area contributed by atoms with Crippen molar-refractivity contribution in [1.82, 2.24) is 9.71 Å². The second-order valence-electron chi connectivity index (χ2n) is 4.20. The minimum Gasteiger partial charge on any atom is -0.241 e. The maximum absolute atomic E-state index is 13.4. The highest BCUT2D eigenvalue weighted by atomic mass is 32.2. The van der Waals surface area contributed by atoms with Crippen LogP contribution in [0.15, 0.2) is 41.6 Å². The maximum Gasteiger partial charge on any atom is 0.261 e. The van der Waals surface area contributed by atoms with Crippen LogP contribution in [0.3, 0.4) is 0 Å². The van der Waals surface area contributed by atoms with Gasteiger partial charge in [0.15, 0.2) is 5.82 Å². The first-order chi connectivity index (χ1) is 9.40. The molecule has 20 heavy (non-hydrogen) atoms. The van der Waals surface area contributed by atoms with Crippen LogP contribution in [-0.2, 0) is 16.6 Å². The Morgan fingerprint density at radius 1 is 1.20 bits per heavy atom. The Kier molecular flexibility index (Phi) is 4.10. The molecule has 1 aromatic carbocycles. The van der Waals surface area contributed by atoms with Crippen molar-refractivity contribution in [2.45, 2.75) is 18.5 Å². The van der Waals surface area contributed by atoms with Crippen molar-refractivity contribution in [3.05, 3.63) is 59.3 Å². The third-order valence-electron chi connectivity index (χ3n) is 2.68. The van der Waals surface area contributed by atoms with E-state index in [1.54, 1.807) is 19.1 Å². The van der Waals surface area contributed by atoms with Gasteiger partial charge in [-0.3, -0.25) is 0 Å². The van der Waals surface area contributed by atoms with Crippen LogP contribution in [0.25, 0.3) is 0 Å². The average Bonchev–Trinajstić information content (AvgIpc) is 2.40. The van der Waals surface area contributed by atoms with Crippen molar-refractivity contribution < 1.29 is 17.2 Å². The van der Waals surface area contributed by atoms with E-state index in [0.29, 0.717) is 11.1 Å². The number of halogens is 2.